The Kier molecular flexibility index (Phi) is 2.87. The van der Waals surface area contributed by atoms with E-state index >= 15 is 0 Å². The third-order valence-electron chi connectivity index (χ3n) is 2.75. The van der Waals surface area contributed by atoms with Gasteiger partial charge in [-0.1, -0.05) is 30.3 Å². The second-order valence-corrected chi connectivity index (χ2v) is 3.84. The molecule has 1 heterocycles. The van der Waals surface area contributed by atoms with E-state index in [-0.39, 0.29) is 5.56 Å². The fraction of sp³-hybridized carbons (Fsp3) is 0.455. The number of hydrogen-bond donors (Lipinski definition) is 1. The van der Waals surface area contributed by atoms with Gasteiger partial charge in [0.15, 0.2) is 12.2 Å². The van der Waals surface area contributed by atoms with Gasteiger partial charge in [0.1, 0.15) is 0 Å². The van der Waals surface area contributed by atoms with Crippen molar-refractivity contribution in [1.82, 2.24) is 0 Å². The molecule has 1 saturated heterocycles. The molecule has 0 unspecified atom stereocenters. The summed E-state index contributed by atoms with van der Waals surface area (Å²) in [7, 11) is 0. The van der Waals surface area contributed by atoms with Crippen LogP contribution in [0.3, 0.4) is 0 Å². The van der Waals surface area contributed by atoms with Crippen LogP contribution in [0.2, 0.25) is 0 Å². The molecule has 0 spiro atoms. The number of ether oxygens (including phenoxy) is 1. The first-order valence-electron chi connectivity index (χ1n) is 4.98. The molecule has 0 aromatic heterocycles. The van der Waals surface area contributed by atoms with Crippen molar-refractivity contribution in [3.05, 3.63) is 35.9 Å². The lowest BCUT2D eigenvalue weighted by Gasteiger charge is -2.22. The van der Waals surface area contributed by atoms with Crippen LogP contribution in [0.5, 0.6) is 0 Å². The van der Waals surface area contributed by atoms with Crippen LogP contribution in [0.25, 0.3) is 0 Å². The average Bonchev–Trinajstić information content (AvgIpc) is 2.47. The minimum absolute atomic E-state index is 0.0341. The first-order chi connectivity index (χ1) is 7.91. The Bertz CT molecular complexity index is 394. The molecule has 1 aliphatic rings. The molecule has 0 radical (unpaired) electrons. The average molecular weight is 250 g/mol. The fourth-order valence-corrected chi connectivity index (χ4v) is 1.80. The molecule has 2 nitrogen and oxygen atoms in total. The first-order valence-corrected chi connectivity index (χ1v) is 4.98. The molecule has 1 aromatic rings. The summed E-state index contributed by atoms with van der Waals surface area (Å²) in [5, 5.41) is 8.66. The minimum atomic E-state index is -4.37. The lowest BCUT2D eigenvalue weighted by atomic mass is 10.00. The minimum Gasteiger partial charge on any atom is -0.393 e. The third kappa shape index (κ3) is 1.71. The Morgan fingerprint density at radius 2 is 1.65 bits per heavy atom. The summed E-state index contributed by atoms with van der Waals surface area (Å²) in [6, 6.07) is 7.07. The van der Waals surface area contributed by atoms with E-state index in [4.69, 9.17) is 5.11 Å². The SMILES string of the molecule is OC[C@@H]1O[C@H](c2ccccc2)C(F)(F)C1(F)F. The molecular formula is C11H10F4O2. The summed E-state index contributed by atoms with van der Waals surface area (Å²) in [5.74, 6) is -8.70. The van der Waals surface area contributed by atoms with Crippen molar-refractivity contribution in [2.24, 2.45) is 0 Å². The van der Waals surface area contributed by atoms with Crippen molar-refractivity contribution < 1.29 is 27.4 Å². The van der Waals surface area contributed by atoms with Gasteiger partial charge in [-0.05, 0) is 5.56 Å². The Hall–Kier alpha value is -1.14. The molecule has 0 aliphatic carbocycles. The van der Waals surface area contributed by atoms with Crippen molar-refractivity contribution >= 4 is 0 Å². The summed E-state index contributed by atoms with van der Waals surface area (Å²) < 4.78 is 58.2. The van der Waals surface area contributed by atoms with Gasteiger partial charge in [-0.15, -0.1) is 0 Å². The quantitative estimate of drug-likeness (QED) is 0.817. The van der Waals surface area contributed by atoms with Crippen LogP contribution >= 0.6 is 0 Å². The topological polar surface area (TPSA) is 29.5 Å². The number of rotatable bonds is 2. The molecule has 6 heteroatoms. The number of halogens is 4. The number of alkyl halides is 4. The Labute approximate surface area is 94.8 Å². The number of aliphatic hydroxyl groups excluding tert-OH is 1. The van der Waals surface area contributed by atoms with Crippen LogP contribution in [0, 0.1) is 0 Å². The number of benzene rings is 1. The molecule has 0 bridgehead atoms. The van der Waals surface area contributed by atoms with E-state index < -0.39 is 30.7 Å². The van der Waals surface area contributed by atoms with Gasteiger partial charge in [-0.3, -0.25) is 0 Å². The van der Waals surface area contributed by atoms with Crippen LogP contribution in [-0.2, 0) is 4.74 Å². The van der Waals surface area contributed by atoms with Gasteiger partial charge >= 0.3 is 11.8 Å². The highest BCUT2D eigenvalue weighted by atomic mass is 19.3. The molecule has 0 amide bonds. The van der Waals surface area contributed by atoms with Gasteiger partial charge in [0.2, 0.25) is 0 Å². The van der Waals surface area contributed by atoms with Crippen LogP contribution in [0.4, 0.5) is 17.6 Å². The lowest BCUT2D eigenvalue weighted by molar-refractivity contribution is -0.201. The van der Waals surface area contributed by atoms with Gasteiger partial charge in [0, 0.05) is 0 Å². The maximum absolute atomic E-state index is 13.5. The predicted molar refractivity (Wildman–Crippen MR) is 51.0 cm³/mol. The lowest BCUT2D eigenvalue weighted by Crippen LogP contribution is -2.45. The van der Waals surface area contributed by atoms with Gasteiger partial charge in [0.25, 0.3) is 0 Å². The van der Waals surface area contributed by atoms with Crippen LogP contribution in [-0.4, -0.2) is 29.7 Å². The van der Waals surface area contributed by atoms with E-state index in [0.717, 1.165) is 0 Å². The van der Waals surface area contributed by atoms with Crippen molar-refractivity contribution in [3.63, 3.8) is 0 Å². The van der Waals surface area contributed by atoms with Gasteiger partial charge in [0.05, 0.1) is 6.61 Å². The van der Waals surface area contributed by atoms with Gasteiger partial charge < -0.3 is 9.84 Å². The third-order valence-corrected chi connectivity index (χ3v) is 2.75. The summed E-state index contributed by atoms with van der Waals surface area (Å²) in [6.07, 6.45) is -4.21. The molecule has 0 saturated carbocycles. The molecule has 1 aromatic carbocycles. The van der Waals surface area contributed by atoms with Crippen LogP contribution in [0.1, 0.15) is 11.7 Å². The Balaban J connectivity index is 2.38. The summed E-state index contributed by atoms with van der Waals surface area (Å²) in [6.45, 7) is -1.15. The Morgan fingerprint density at radius 1 is 1.06 bits per heavy atom. The van der Waals surface area contributed by atoms with Crippen molar-refractivity contribution in [3.8, 4) is 0 Å². The van der Waals surface area contributed by atoms with Crippen LogP contribution < -0.4 is 0 Å². The predicted octanol–water partition coefficient (Wildman–Crippen LogP) is 2.39. The van der Waals surface area contributed by atoms with E-state index in [0.29, 0.717) is 0 Å². The van der Waals surface area contributed by atoms with E-state index in [2.05, 4.69) is 4.74 Å². The van der Waals surface area contributed by atoms with Gasteiger partial charge in [-0.25, -0.2) is 0 Å². The molecule has 1 fully saturated rings. The van der Waals surface area contributed by atoms with Crippen molar-refractivity contribution in [2.45, 2.75) is 24.1 Å². The summed E-state index contributed by atoms with van der Waals surface area (Å²) in [4.78, 5) is 0. The van der Waals surface area contributed by atoms with E-state index in [1.54, 1.807) is 6.07 Å². The zero-order valence-electron chi connectivity index (χ0n) is 8.62. The standard InChI is InChI=1S/C11H10F4O2/c12-10(13)8(6-16)17-9(11(10,14)15)7-4-2-1-3-5-7/h1-5,8-9,16H,6H2/t8-,9+/m0/s1. The van der Waals surface area contributed by atoms with E-state index in [1.807, 2.05) is 0 Å². The Morgan fingerprint density at radius 3 is 2.12 bits per heavy atom. The molecule has 1 N–H and O–H groups in total. The highest BCUT2D eigenvalue weighted by Crippen LogP contribution is 2.54. The zero-order valence-corrected chi connectivity index (χ0v) is 8.62. The van der Waals surface area contributed by atoms with Crippen LogP contribution in [0.15, 0.2) is 30.3 Å². The maximum Gasteiger partial charge on any atom is 0.342 e. The second kappa shape index (κ2) is 3.96. The molecule has 2 atom stereocenters. The normalized spacial score (nSPS) is 30.4. The smallest absolute Gasteiger partial charge is 0.342 e. The highest BCUT2D eigenvalue weighted by molar-refractivity contribution is 5.23. The molecular weight excluding hydrogens is 240 g/mol. The van der Waals surface area contributed by atoms with Crippen molar-refractivity contribution in [1.29, 1.82) is 0 Å². The summed E-state index contributed by atoms with van der Waals surface area (Å²) >= 11 is 0. The molecule has 94 valence electrons. The van der Waals surface area contributed by atoms with E-state index in [9.17, 15) is 17.6 Å². The molecule has 17 heavy (non-hydrogen) atoms. The molecule has 2 rings (SSSR count). The first kappa shape index (κ1) is 12.3. The largest absolute Gasteiger partial charge is 0.393 e. The second-order valence-electron chi connectivity index (χ2n) is 3.84. The van der Waals surface area contributed by atoms with Gasteiger partial charge in [-0.2, -0.15) is 17.6 Å². The number of hydrogen-bond acceptors (Lipinski definition) is 2. The van der Waals surface area contributed by atoms with E-state index in [1.165, 1.54) is 24.3 Å². The zero-order chi connectivity index (χ0) is 12.7. The number of aliphatic hydroxyl groups is 1. The monoisotopic (exact) mass is 250 g/mol. The van der Waals surface area contributed by atoms with Crippen molar-refractivity contribution in [2.75, 3.05) is 6.61 Å². The highest BCUT2D eigenvalue weighted by Gasteiger charge is 2.72. The maximum atomic E-state index is 13.5. The molecule has 1 aliphatic heterocycles. The fourth-order valence-electron chi connectivity index (χ4n) is 1.80. The summed E-state index contributed by atoms with van der Waals surface area (Å²) in [5.41, 5.74) is -0.0341.